The van der Waals surface area contributed by atoms with Gasteiger partial charge in [-0.25, -0.2) is 4.79 Å². The number of esters is 1. The number of rotatable bonds is 5. The zero-order valence-electron chi connectivity index (χ0n) is 16.4. The molecule has 148 valence electrons. The fourth-order valence-electron chi connectivity index (χ4n) is 3.77. The number of carbonyl (C=O) groups excluding carboxylic acids is 1. The van der Waals surface area contributed by atoms with Crippen molar-refractivity contribution in [1.29, 1.82) is 0 Å². The monoisotopic (exact) mass is 390 g/mol. The van der Waals surface area contributed by atoms with Crippen LogP contribution >= 0.6 is 0 Å². The Kier molecular flexibility index (Phi) is 5.16. The zero-order chi connectivity index (χ0) is 20.4. The molecule has 6 nitrogen and oxygen atoms in total. The third kappa shape index (κ3) is 3.53. The van der Waals surface area contributed by atoms with Crippen molar-refractivity contribution in [3.8, 4) is 5.75 Å². The Balaban J connectivity index is 1.84. The van der Waals surface area contributed by atoms with Gasteiger partial charge in [0.25, 0.3) is 5.56 Å². The normalized spacial score (nSPS) is 17.4. The van der Waals surface area contributed by atoms with Gasteiger partial charge in [0.1, 0.15) is 5.75 Å². The molecule has 2 atom stereocenters. The van der Waals surface area contributed by atoms with Gasteiger partial charge in [-0.2, -0.15) is 0 Å². The molecule has 29 heavy (non-hydrogen) atoms. The van der Waals surface area contributed by atoms with Crippen molar-refractivity contribution in [2.45, 2.75) is 32.4 Å². The van der Waals surface area contributed by atoms with E-state index in [1.807, 2.05) is 49.4 Å². The highest BCUT2D eigenvalue weighted by molar-refractivity contribution is 5.79. The van der Waals surface area contributed by atoms with Crippen LogP contribution in [0.4, 0.5) is 0 Å². The van der Waals surface area contributed by atoms with Crippen LogP contribution in [0.1, 0.15) is 35.2 Å². The lowest BCUT2D eigenvalue weighted by Gasteiger charge is -2.17. The van der Waals surface area contributed by atoms with Crippen LogP contribution in [-0.2, 0) is 16.1 Å². The van der Waals surface area contributed by atoms with Crippen LogP contribution in [0.15, 0.2) is 65.7 Å². The SMILES string of the molecule is CCOC(=O)[C@@H]1Oc2cc(C)n(Cc3ccccc3)c(=O)c2[C@H]1c1cccnc1. The quantitative estimate of drug-likeness (QED) is 0.626. The smallest absolute Gasteiger partial charge is 0.348 e. The molecule has 3 aromatic rings. The predicted molar refractivity (Wildman–Crippen MR) is 108 cm³/mol. The van der Waals surface area contributed by atoms with Gasteiger partial charge in [0.15, 0.2) is 0 Å². The molecule has 1 aliphatic heterocycles. The fraction of sp³-hybridized carbons (Fsp3) is 0.261. The summed E-state index contributed by atoms with van der Waals surface area (Å²) in [6, 6.07) is 15.3. The van der Waals surface area contributed by atoms with Gasteiger partial charge in [-0.15, -0.1) is 0 Å². The van der Waals surface area contributed by atoms with Gasteiger partial charge in [0.05, 0.1) is 24.6 Å². The highest BCUT2D eigenvalue weighted by Crippen LogP contribution is 2.41. The van der Waals surface area contributed by atoms with E-state index in [0.717, 1.165) is 16.8 Å². The summed E-state index contributed by atoms with van der Waals surface area (Å²) >= 11 is 0. The van der Waals surface area contributed by atoms with Crippen molar-refractivity contribution in [1.82, 2.24) is 9.55 Å². The second-order valence-electron chi connectivity index (χ2n) is 7.00. The molecule has 6 heteroatoms. The number of aryl methyl sites for hydroxylation is 1. The van der Waals surface area contributed by atoms with Gasteiger partial charge < -0.3 is 14.0 Å². The summed E-state index contributed by atoms with van der Waals surface area (Å²) < 4.78 is 12.9. The number of pyridine rings is 2. The summed E-state index contributed by atoms with van der Waals surface area (Å²) in [6.07, 6.45) is 2.41. The second-order valence-corrected chi connectivity index (χ2v) is 7.00. The minimum atomic E-state index is -0.908. The molecule has 0 fully saturated rings. The van der Waals surface area contributed by atoms with E-state index >= 15 is 0 Å². The van der Waals surface area contributed by atoms with Crippen LogP contribution in [0.3, 0.4) is 0 Å². The van der Waals surface area contributed by atoms with Gasteiger partial charge >= 0.3 is 5.97 Å². The minimum absolute atomic E-state index is 0.162. The third-order valence-electron chi connectivity index (χ3n) is 5.12. The van der Waals surface area contributed by atoms with E-state index in [1.54, 1.807) is 30.0 Å². The van der Waals surface area contributed by atoms with E-state index in [1.165, 1.54) is 0 Å². The Morgan fingerprint density at radius 2 is 2.00 bits per heavy atom. The maximum absolute atomic E-state index is 13.5. The van der Waals surface area contributed by atoms with Crippen molar-refractivity contribution in [3.05, 3.63) is 93.7 Å². The van der Waals surface area contributed by atoms with E-state index in [4.69, 9.17) is 9.47 Å². The lowest BCUT2D eigenvalue weighted by molar-refractivity contribution is -0.151. The van der Waals surface area contributed by atoms with Crippen LogP contribution < -0.4 is 10.3 Å². The van der Waals surface area contributed by atoms with Crippen LogP contribution in [-0.4, -0.2) is 28.2 Å². The molecule has 1 aliphatic rings. The maximum Gasteiger partial charge on any atom is 0.348 e. The van der Waals surface area contributed by atoms with Gasteiger partial charge in [0.2, 0.25) is 6.10 Å². The number of nitrogens with zero attached hydrogens (tertiary/aromatic N) is 2. The summed E-state index contributed by atoms with van der Waals surface area (Å²) in [4.78, 5) is 30.3. The van der Waals surface area contributed by atoms with Gasteiger partial charge in [-0.05, 0) is 31.0 Å². The highest BCUT2D eigenvalue weighted by Gasteiger charge is 2.44. The summed E-state index contributed by atoms with van der Waals surface area (Å²) in [5, 5.41) is 0. The molecule has 0 amide bonds. The largest absolute Gasteiger partial charge is 0.477 e. The fourth-order valence-corrected chi connectivity index (χ4v) is 3.77. The number of hydrogen-bond donors (Lipinski definition) is 0. The lowest BCUT2D eigenvalue weighted by atomic mass is 9.89. The van der Waals surface area contributed by atoms with Gasteiger partial charge in [0, 0.05) is 24.2 Å². The van der Waals surface area contributed by atoms with Gasteiger partial charge in [-0.3, -0.25) is 9.78 Å². The average Bonchev–Trinajstić information content (AvgIpc) is 3.12. The highest BCUT2D eigenvalue weighted by atomic mass is 16.6. The Morgan fingerprint density at radius 1 is 1.21 bits per heavy atom. The third-order valence-corrected chi connectivity index (χ3v) is 5.12. The molecule has 0 N–H and O–H groups in total. The molecule has 0 aliphatic carbocycles. The second kappa shape index (κ2) is 7.91. The summed E-state index contributed by atoms with van der Waals surface area (Å²) in [5.74, 6) is -0.610. The summed E-state index contributed by atoms with van der Waals surface area (Å²) in [6.45, 7) is 4.30. The van der Waals surface area contributed by atoms with E-state index in [0.29, 0.717) is 17.9 Å². The Morgan fingerprint density at radius 3 is 2.69 bits per heavy atom. The Labute approximate surface area is 168 Å². The number of hydrogen-bond acceptors (Lipinski definition) is 5. The average molecular weight is 390 g/mol. The molecule has 0 saturated carbocycles. The van der Waals surface area contributed by atoms with Crippen LogP contribution in [0.25, 0.3) is 0 Å². The first-order chi connectivity index (χ1) is 14.1. The number of fused-ring (bicyclic) bond motifs is 1. The molecule has 0 radical (unpaired) electrons. The molecule has 0 spiro atoms. The first kappa shape index (κ1) is 18.9. The van der Waals surface area contributed by atoms with Crippen LogP contribution in [0, 0.1) is 6.92 Å². The minimum Gasteiger partial charge on any atom is -0.477 e. The standard InChI is InChI=1S/C23H22N2O4/c1-3-28-23(27)21-19(17-10-7-11-24-13-17)20-18(29-21)12-15(2)25(22(20)26)14-16-8-5-4-6-9-16/h4-13,19,21H,3,14H2,1-2H3/t19-,21-/m1/s1. The Bertz CT molecular complexity index is 1080. The number of carbonyl (C=O) groups is 1. The van der Waals surface area contributed by atoms with E-state index in [9.17, 15) is 9.59 Å². The first-order valence-electron chi connectivity index (χ1n) is 9.61. The molecule has 2 aromatic heterocycles. The molecule has 1 aromatic carbocycles. The van der Waals surface area contributed by atoms with E-state index in [-0.39, 0.29) is 12.2 Å². The van der Waals surface area contributed by atoms with Gasteiger partial charge in [-0.1, -0.05) is 36.4 Å². The van der Waals surface area contributed by atoms with Crippen LogP contribution in [0.5, 0.6) is 5.75 Å². The summed E-state index contributed by atoms with van der Waals surface area (Å²) in [7, 11) is 0. The molecule has 3 heterocycles. The topological polar surface area (TPSA) is 70.4 Å². The molecular weight excluding hydrogens is 368 g/mol. The maximum atomic E-state index is 13.5. The zero-order valence-corrected chi connectivity index (χ0v) is 16.4. The summed E-state index contributed by atoms with van der Waals surface area (Å²) in [5.41, 5.74) is 2.85. The van der Waals surface area contributed by atoms with Crippen molar-refractivity contribution in [3.63, 3.8) is 0 Å². The lowest BCUT2D eigenvalue weighted by Crippen LogP contribution is -2.33. The first-order valence-corrected chi connectivity index (χ1v) is 9.61. The predicted octanol–water partition coefficient (Wildman–Crippen LogP) is 3.06. The Hall–Kier alpha value is -3.41. The number of ether oxygens (including phenoxy) is 2. The van der Waals surface area contributed by atoms with E-state index in [2.05, 4.69) is 4.98 Å². The van der Waals surface area contributed by atoms with Crippen LogP contribution in [0.2, 0.25) is 0 Å². The number of benzene rings is 1. The molecule has 0 bridgehead atoms. The molecule has 0 saturated heterocycles. The molecule has 0 unspecified atom stereocenters. The van der Waals surface area contributed by atoms with Crippen molar-refractivity contribution in [2.75, 3.05) is 6.61 Å². The van der Waals surface area contributed by atoms with Crippen molar-refractivity contribution in [2.24, 2.45) is 0 Å². The molecular formula is C23H22N2O4. The van der Waals surface area contributed by atoms with Crippen molar-refractivity contribution >= 4 is 5.97 Å². The van der Waals surface area contributed by atoms with E-state index < -0.39 is 18.0 Å². The molecule has 4 rings (SSSR count). The van der Waals surface area contributed by atoms with Crippen molar-refractivity contribution < 1.29 is 14.3 Å². The number of aromatic nitrogens is 2.